The van der Waals surface area contributed by atoms with Gasteiger partial charge in [0.05, 0.1) is 6.10 Å². The number of ketones is 1. The number of halogens is 4. The van der Waals surface area contributed by atoms with Gasteiger partial charge in [-0.2, -0.15) is 8.78 Å². The average Bonchev–Trinajstić information content (AvgIpc) is 2.38. The normalized spacial score (nSPS) is 12.0. The van der Waals surface area contributed by atoms with E-state index in [1.54, 1.807) is 12.1 Å². The summed E-state index contributed by atoms with van der Waals surface area (Å²) in [6, 6.07) is 6.02. The molecule has 0 N–H and O–H groups in total. The molecule has 1 rings (SSSR count). The molecule has 1 aromatic carbocycles. The summed E-state index contributed by atoms with van der Waals surface area (Å²) in [5.41, 5.74) is 0.228. The van der Waals surface area contributed by atoms with Crippen molar-refractivity contribution >= 4 is 5.78 Å². The highest BCUT2D eigenvalue weighted by molar-refractivity contribution is 5.97. The van der Waals surface area contributed by atoms with Crippen molar-refractivity contribution in [2.24, 2.45) is 0 Å². The number of rotatable bonds is 8. The van der Waals surface area contributed by atoms with Gasteiger partial charge in [-0.1, -0.05) is 0 Å². The molecular weight excluding hydrogens is 292 g/mol. The van der Waals surface area contributed by atoms with Crippen molar-refractivity contribution in [1.82, 2.24) is 0 Å². The van der Waals surface area contributed by atoms with Gasteiger partial charge in [0.2, 0.25) is 0 Å². The minimum absolute atomic E-state index is 0.0218. The highest BCUT2D eigenvalue weighted by Gasteiger charge is 2.41. The first-order valence-electron chi connectivity index (χ1n) is 6.26. The molecule has 0 fully saturated rings. The molecule has 3 nitrogen and oxygen atoms in total. The Bertz CT molecular complexity index is 458. The number of Topliss-reactive ketones (excluding diaryl/α,β-unsaturated/α-hetero) is 1. The van der Waals surface area contributed by atoms with Crippen molar-refractivity contribution in [3.05, 3.63) is 29.8 Å². The number of hydrogen-bond acceptors (Lipinski definition) is 3. The molecule has 0 aliphatic carbocycles. The van der Waals surface area contributed by atoms with Gasteiger partial charge in [-0.15, -0.1) is 0 Å². The van der Waals surface area contributed by atoms with Crippen molar-refractivity contribution in [2.75, 3.05) is 13.2 Å². The Labute approximate surface area is 119 Å². The Morgan fingerprint density at radius 2 is 1.76 bits per heavy atom. The van der Waals surface area contributed by atoms with E-state index in [1.165, 1.54) is 12.1 Å². The van der Waals surface area contributed by atoms with Gasteiger partial charge in [-0.05, 0) is 38.1 Å². The third-order valence-corrected chi connectivity index (χ3v) is 2.39. The van der Waals surface area contributed by atoms with E-state index in [0.717, 1.165) is 0 Å². The number of hydrogen-bond donors (Lipinski definition) is 0. The summed E-state index contributed by atoms with van der Waals surface area (Å²) in [6.07, 6.45) is -3.84. The molecule has 0 unspecified atom stereocenters. The SMILES string of the molecule is CC(C)Oc1ccc(C(=O)COCC(F)(F)C(F)F)cc1. The maximum Gasteiger partial charge on any atom is 0.330 e. The molecule has 0 atom stereocenters. The van der Waals surface area contributed by atoms with Crippen LogP contribution in [0.3, 0.4) is 0 Å². The Morgan fingerprint density at radius 1 is 1.19 bits per heavy atom. The van der Waals surface area contributed by atoms with Gasteiger partial charge in [0.15, 0.2) is 5.78 Å². The monoisotopic (exact) mass is 308 g/mol. The third-order valence-electron chi connectivity index (χ3n) is 2.39. The zero-order valence-corrected chi connectivity index (χ0v) is 11.6. The maximum atomic E-state index is 12.6. The molecule has 0 spiro atoms. The van der Waals surface area contributed by atoms with Crippen LogP contribution in [0.2, 0.25) is 0 Å². The molecule has 0 bridgehead atoms. The van der Waals surface area contributed by atoms with Crippen LogP contribution >= 0.6 is 0 Å². The fraction of sp³-hybridized carbons (Fsp3) is 0.500. The molecule has 0 saturated carbocycles. The third kappa shape index (κ3) is 5.71. The van der Waals surface area contributed by atoms with Gasteiger partial charge in [-0.25, -0.2) is 8.78 Å². The van der Waals surface area contributed by atoms with Crippen molar-refractivity contribution < 1.29 is 31.8 Å². The Kier molecular flexibility index (Phi) is 6.14. The molecule has 0 heterocycles. The summed E-state index contributed by atoms with van der Waals surface area (Å²) in [6.45, 7) is 1.50. The molecule has 21 heavy (non-hydrogen) atoms. The van der Waals surface area contributed by atoms with Gasteiger partial charge in [0.1, 0.15) is 19.0 Å². The second kappa shape index (κ2) is 7.40. The van der Waals surface area contributed by atoms with Crippen LogP contribution in [0.15, 0.2) is 24.3 Å². The van der Waals surface area contributed by atoms with E-state index >= 15 is 0 Å². The number of alkyl halides is 4. The molecule has 0 aliphatic heterocycles. The summed E-state index contributed by atoms with van der Waals surface area (Å²) in [5.74, 6) is -4.27. The van der Waals surface area contributed by atoms with Crippen LogP contribution in [0, 0.1) is 0 Å². The molecule has 0 saturated heterocycles. The van der Waals surface area contributed by atoms with Gasteiger partial charge in [0, 0.05) is 5.56 Å². The van der Waals surface area contributed by atoms with Crippen LogP contribution in [-0.4, -0.2) is 37.4 Å². The highest BCUT2D eigenvalue weighted by atomic mass is 19.3. The van der Waals surface area contributed by atoms with E-state index < -0.39 is 31.3 Å². The Balaban J connectivity index is 2.49. The van der Waals surface area contributed by atoms with Crippen LogP contribution < -0.4 is 4.74 Å². The van der Waals surface area contributed by atoms with Gasteiger partial charge in [0.25, 0.3) is 0 Å². The zero-order valence-electron chi connectivity index (χ0n) is 11.6. The predicted octanol–water partition coefficient (Wildman–Crippen LogP) is 3.57. The molecule has 118 valence electrons. The lowest BCUT2D eigenvalue weighted by atomic mass is 10.1. The lowest BCUT2D eigenvalue weighted by Gasteiger charge is -2.14. The largest absolute Gasteiger partial charge is 0.491 e. The molecule has 0 radical (unpaired) electrons. The number of carbonyl (C=O) groups is 1. The lowest BCUT2D eigenvalue weighted by Crippen LogP contribution is -2.33. The fourth-order valence-corrected chi connectivity index (χ4v) is 1.42. The molecule has 1 aromatic rings. The van der Waals surface area contributed by atoms with Crippen molar-refractivity contribution in [1.29, 1.82) is 0 Å². The van der Waals surface area contributed by atoms with Gasteiger partial charge < -0.3 is 9.47 Å². The molecule has 0 aliphatic rings. The fourth-order valence-electron chi connectivity index (χ4n) is 1.42. The Morgan fingerprint density at radius 3 is 2.24 bits per heavy atom. The van der Waals surface area contributed by atoms with Crippen molar-refractivity contribution in [3.8, 4) is 5.75 Å². The van der Waals surface area contributed by atoms with Crippen LogP contribution in [0.1, 0.15) is 24.2 Å². The minimum Gasteiger partial charge on any atom is -0.491 e. The summed E-state index contributed by atoms with van der Waals surface area (Å²) in [7, 11) is 0. The quantitative estimate of drug-likeness (QED) is 0.544. The Hall–Kier alpha value is -1.63. The summed E-state index contributed by atoms with van der Waals surface area (Å²) >= 11 is 0. The first kappa shape index (κ1) is 17.4. The average molecular weight is 308 g/mol. The van der Waals surface area contributed by atoms with E-state index in [2.05, 4.69) is 4.74 Å². The van der Waals surface area contributed by atoms with Crippen molar-refractivity contribution in [2.45, 2.75) is 32.3 Å². The van der Waals surface area contributed by atoms with Crippen LogP contribution in [0.4, 0.5) is 17.6 Å². The van der Waals surface area contributed by atoms with Gasteiger partial charge >= 0.3 is 12.3 Å². The van der Waals surface area contributed by atoms with Crippen LogP contribution in [0.5, 0.6) is 5.75 Å². The number of carbonyl (C=O) groups excluding carboxylic acids is 1. The zero-order chi connectivity index (χ0) is 16.0. The minimum atomic E-state index is -4.25. The smallest absolute Gasteiger partial charge is 0.330 e. The topological polar surface area (TPSA) is 35.5 Å². The predicted molar refractivity (Wildman–Crippen MR) is 68.3 cm³/mol. The van der Waals surface area contributed by atoms with E-state index in [1.807, 2.05) is 13.8 Å². The van der Waals surface area contributed by atoms with E-state index in [4.69, 9.17) is 4.74 Å². The second-order valence-electron chi connectivity index (χ2n) is 4.67. The first-order valence-corrected chi connectivity index (χ1v) is 6.26. The standard InChI is InChI=1S/C14H16F4O3/c1-9(2)21-11-5-3-10(4-6-11)12(19)7-20-8-14(17,18)13(15)16/h3-6,9,13H,7-8H2,1-2H3. The summed E-state index contributed by atoms with van der Waals surface area (Å²) < 4.78 is 58.6. The molecule has 0 amide bonds. The second-order valence-corrected chi connectivity index (χ2v) is 4.67. The summed E-state index contributed by atoms with van der Waals surface area (Å²) in [5, 5.41) is 0. The van der Waals surface area contributed by atoms with E-state index in [9.17, 15) is 22.4 Å². The molecular formula is C14H16F4O3. The lowest BCUT2D eigenvalue weighted by molar-refractivity contribution is -0.163. The number of benzene rings is 1. The van der Waals surface area contributed by atoms with Gasteiger partial charge in [-0.3, -0.25) is 4.79 Å². The van der Waals surface area contributed by atoms with Crippen LogP contribution in [0.25, 0.3) is 0 Å². The maximum absolute atomic E-state index is 12.6. The molecule has 7 heteroatoms. The highest BCUT2D eigenvalue weighted by Crippen LogP contribution is 2.23. The van der Waals surface area contributed by atoms with E-state index in [0.29, 0.717) is 5.75 Å². The van der Waals surface area contributed by atoms with Crippen LogP contribution in [-0.2, 0) is 4.74 Å². The van der Waals surface area contributed by atoms with E-state index in [-0.39, 0.29) is 11.7 Å². The van der Waals surface area contributed by atoms with Crippen molar-refractivity contribution in [3.63, 3.8) is 0 Å². The number of ether oxygens (including phenoxy) is 2. The molecule has 0 aromatic heterocycles. The first-order chi connectivity index (χ1) is 9.72. The summed E-state index contributed by atoms with van der Waals surface area (Å²) in [4.78, 5) is 11.6.